The van der Waals surface area contributed by atoms with Crippen molar-refractivity contribution in [3.63, 3.8) is 0 Å². The Morgan fingerprint density at radius 1 is 0.519 bits per heavy atom. The van der Waals surface area contributed by atoms with Gasteiger partial charge in [0.2, 0.25) is 0 Å². The van der Waals surface area contributed by atoms with Gasteiger partial charge in [-0.3, -0.25) is 4.90 Å². The fourth-order valence-electron chi connectivity index (χ4n) is 6.75. The standard InChI is InChI=1S/C47H87N3O2/c1-6-8-10-12-14-16-18-20-22-24-26-28-30-32-34-36-38-48(40-41-49-42-44-50(45-43-49)46(51)52-47(3,4)5)39-37-35-33-31-29-27-25-23-21-19-17-15-13-11-9-7-2/h14-17,20-23H,6-13,18-19,24-45H2,1-5H3/b16-14-,17-15-,22-20-,23-21-. The number of piperazine rings is 1. The van der Waals surface area contributed by atoms with Crippen LogP contribution in [0.4, 0.5) is 4.79 Å². The molecule has 5 heteroatoms. The molecular weight excluding hydrogens is 639 g/mol. The highest BCUT2D eigenvalue weighted by atomic mass is 16.6. The Labute approximate surface area is 324 Å². The molecule has 0 aliphatic carbocycles. The third-order valence-corrected chi connectivity index (χ3v) is 10.1. The number of carbonyl (C=O) groups excluding carboxylic acids is 1. The number of unbranched alkanes of at least 4 members (excludes halogenated alkanes) is 18. The van der Waals surface area contributed by atoms with Gasteiger partial charge < -0.3 is 14.5 Å². The SMILES string of the molecule is CCCCC/C=C\C/C=C\CCCCCCCCN(CCCCCCCC/C=C\C/C=C\CCCCC)CCN1CCN(C(=O)OC(C)(C)C)CC1. The Morgan fingerprint density at radius 2 is 0.904 bits per heavy atom. The first-order chi connectivity index (χ1) is 25.4. The van der Waals surface area contributed by atoms with E-state index in [1.807, 2.05) is 25.7 Å². The van der Waals surface area contributed by atoms with Crippen LogP contribution in [0.15, 0.2) is 48.6 Å². The summed E-state index contributed by atoms with van der Waals surface area (Å²) in [5.41, 5.74) is -0.432. The van der Waals surface area contributed by atoms with Gasteiger partial charge in [0.05, 0.1) is 0 Å². The lowest BCUT2D eigenvalue weighted by atomic mass is 10.1. The van der Waals surface area contributed by atoms with E-state index in [2.05, 4.69) is 72.3 Å². The molecule has 0 aromatic heterocycles. The van der Waals surface area contributed by atoms with E-state index in [-0.39, 0.29) is 6.09 Å². The van der Waals surface area contributed by atoms with E-state index in [0.717, 1.165) is 52.1 Å². The summed E-state index contributed by atoms with van der Waals surface area (Å²) in [6.07, 6.45) is 50.1. The minimum Gasteiger partial charge on any atom is -0.444 e. The molecule has 1 aliphatic heterocycles. The lowest BCUT2D eigenvalue weighted by Gasteiger charge is -2.36. The van der Waals surface area contributed by atoms with Crippen molar-refractivity contribution >= 4 is 6.09 Å². The van der Waals surface area contributed by atoms with Crippen molar-refractivity contribution in [3.05, 3.63) is 48.6 Å². The van der Waals surface area contributed by atoms with Gasteiger partial charge in [-0.05, 0) is 111 Å². The average Bonchev–Trinajstić information content (AvgIpc) is 3.12. The van der Waals surface area contributed by atoms with Gasteiger partial charge in [-0.2, -0.15) is 0 Å². The zero-order valence-corrected chi connectivity index (χ0v) is 35.4. The lowest BCUT2D eigenvalue weighted by molar-refractivity contribution is 0.0138. The predicted molar refractivity (Wildman–Crippen MR) is 229 cm³/mol. The number of hydrogen-bond acceptors (Lipinski definition) is 4. The number of hydrogen-bond donors (Lipinski definition) is 0. The van der Waals surface area contributed by atoms with Crippen LogP contribution in [0.2, 0.25) is 0 Å². The Morgan fingerprint density at radius 3 is 1.31 bits per heavy atom. The Kier molecular flexibility index (Phi) is 32.3. The minimum atomic E-state index is -0.432. The molecule has 302 valence electrons. The molecule has 1 amide bonds. The molecule has 1 saturated heterocycles. The van der Waals surface area contributed by atoms with Crippen molar-refractivity contribution in [3.8, 4) is 0 Å². The molecule has 1 aliphatic rings. The fraction of sp³-hybridized carbons (Fsp3) is 0.809. The number of amides is 1. The number of carbonyl (C=O) groups is 1. The first-order valence-electron chi connectivity index (χ1n) is 22.4. The van der Waals surface area contributed by atoms with E-state index in [9.17, 15) is 4.79 Å². The van der Waals surface area contributed by atoms with Gasteiger partial charge in [0.15, 0.2) is 0 Å². The molecule has 0 spiro atoms. The second kappa shape index (κ2) is 34.9. The second-order valence-electron chi connectivity index (χ2n) is 16.3. The second-order valence-corrected chi connectivity index (χ2v) is 16.3. The summed E-state index contributed by atoms with van der Waals surface area (Å²) >= 11 is 0. The lowest BCUT2D eigenvalue weighted by Crippen LogP contribution is -2.51. The number of nitrogens with zero attached hydrogens (tertiary/aromatic N) is 3. The van der Waals surface area contributed by atoms with Gasteiger partial charge in [0, 0.05) is 39.3 Å². The molecule has 52 heavy (non-hydrogen) atoms. The largest absolute Gasteiger partial charge is 0.444 e. The molecule has 1 heterocycles. The van der Waals surface area contributed by atoms with Crippen molar-refractivity contribution in [2.24, 2.45) is 0 Å². The summed E-state index contributed by atoms with van der Waals surface area (Å²) in [5, 5.41) is 0. The molecule has 1 fully saturated rings. The van der Waals surface area contributed by atoms with Crippen molar-refractivity contribution < 1.29 is 9.53 Å². The smallest absolute Gasteiger partial charge is 0.410 e. The molecule has 0 aromatic rings. The van der Waals surface area contributed by atoms with Gasteiger partial charge in [-0.15, -0.1) is 0 Å². The molecule has 0 unspecified atom stereocenters. The summed E-state index contributed by atoms with van der Waals surface area (Å²) in [6.45, 7) is 18.5. The first-order valence-corrected chi connectivity index (χ1v) is 22.4. The van der Waals surface area contributed by atoms with Crippen LogP contribution in [0.1, 0.15) is 189 Å². The van der Waals surface area contributed by atoms with Crippen LogP contribution < -0.4 is 0 Å². The maximum absolute atomic E-state index is 12.5. The van der Waals surface area contributed by atoms with Crippen molar-refractivity contribution in [1.29, 1.82) is 0 Å². The number of rotatable bonds is 33. The molecule has 1 rings (SSSR count). The van der Waals surface area contributed by atoms with Crippen LogP contribution >= 0.6 is 0 Å². The van der Waals surface area contributed by atoms with Crippen molar-refractivity contribution in [1.82, 2.24) is 14.7 Å². The maximum Gasteiger partial charge on any atom is 0.410 e. The molecule has 0 N–H and O–H groups in total. The van der Waals surface area contributed by atoms with E-state index in [1.165, 1.54) is 154 Å². The molecule has 0 bridgehead atoms. The molecule has 0 aromatic carbocycles. The average molecular weight is 726 g/mol. The summed E-state index contributed by atoms with van der Waals surface area (Å²) in [6, 6.07) is 0. The maximum atomic E-state index is 12.5. The Balaban J connectivity index is 2.26. The quantitative estimate of drug-likeness (QED) is 0.0498. The topological polar surface area (TPSA) is 36.0 Å². The predicted octanol–water partition coefficient (Wildman–Crippen LogP) is 13.5. The molecular formula is C47H87N3O2. The highest BCUT2D eigenvalue weighted by molar-refractivity contribution is 5.68. The highest BCUT2D eigenvalue weighted by Crippen LogP contribution is 2.14. The first kappa shape index (κ1) is 48.2. The highest BCUT2D eigenvalue weighted by Gasteiger charge is 2.25. The van der Waals surface area contributed by atoms with Gasteiger partial charge in [0.1, 0.15) is 5.60 Å². The van der Waals surface area contributed by atoms with Crippen LogP contribution in [0.25, 0.3) is 0 Å². The molecule has 5 nitrogen and oxygen atoms in total. The van der Waals surface area contributed by atoms with Gasteiger partial charge in [-0.25, -0.2) is 4.79 Å². The number of allylic oxidation sites excluding steroid dienone is 8. The summed E-state index contributed by atoms with van der Waals surface area (Å²) < 4.78 is 5.60. The zero-order valence-electron chi connectivity index (χ0n) is 35.4. The monoisotopic (exact) mass is 726 g/mol. The number of ether oxygens (including phenoxy) is 1. The minimum absolute atomic E-state index is 0.163. The van der Waals surface area contributed by atoms with Gasteiger partial charge in [0.25, 0.3) is 0 Å². The van der Waals surface area contributed by atoms with Crippen LogP contribution in [-0.2, 0) is 4.74 Å². The van der Waals surface area contributed by atoms with E-state index in [4.69, 9.17) is 4.74 Å². The van der Waals surface area contributed by atoms with Gasteiger partial charge >= 0.3 is 6.09 Å². The normalized spacial score (nSPS) is 14.8. The third-order valence-electron chi connectivity index (χ3n) is 10.1. The summed E-state index contributed by atoms with van der Waals surface area (Å²) in [4.78, 5) is 19.7. The van der Waals surface area contributed by atoms with E-state index < -0.39 is 5.60 Å². The summed E-state index contributed by atoms with van der Waals surface area (Å²) in [5.74, 6) is 0. The third kappa shape index (κ3) is 31.7. The van der Waals surface area contributed by atoms with Crippen molar-refractivity contribution in [2.45, 2.75) is 194 Å². The van der Waals surface area contributed by atoms with Crippen LogP contribution in [0, 0.1) is 0 Å². The zero-order chi connectivity index (χ0) is 37.8. The molecule has 0 saturated carbocycles. The van der Waals surface area contributed by atoms with E-state index in [0.29, 0.717) is 0 Å². The Bertz CT molecular complexity index is 862. The molecule has 0 radical (unpaired) electrons. The van der Waals surface area contributed by atoms with E-state index >= 15 is 0 Å². The van der Waals surface area contributed by atoms with E-state index in [1.54, 1.807) is 0 Å². The van der Waals surface area contributed by atoms with Crippen molar-refractivity contribution in [2.75, 3.05) is 52.4 Å². The van der Waals surface area contributed by atoms with Crippen LogP contribution in [0.3, 0.4) is 0 Å². The Hall–Kier alpha value is -1.85. The fourth-order valence-corrected chi connectivity index (χ4v) is 6.75. The summed E-state index contributed by atoms with van der Waals surface area (Å²) in [7, 11) is 0. The van der Waals surface area contributed by atoms with Crippen LogP contribution in [-0.4, -0.2) is 78.8 Å². The van der Waals surface area contributed by atoms with Gasteiger partial charge in [-0.1, -0.05) is 140 Å². The van der Waals surface area contributed by atoms with Crippen LogP contribution in [0.5, 0.6) is 0 Å². The molecule has 0 atom stereocenters.